The number of aliphatic hydroxyl groups is 1. The first-order valence-electron chi connectivity index (χ1n) is 4.47. The average Bonchev–Trinajstić information content (AvgIpc) is 2.50. The summed E-state index contributed by atoms with van der Waals surface area (Å²) >= 11 is 0. The van der Waals surface area contributed by atoms with Crippen LogP contribution < -0.4 is 5.73 Å². The van der Waals surface area contributed by atoms with Gasteiger partial charge in [0.1, 0.15) is 0 Å². The van der Waals surface area contributed by atoms with E-state index in [4.69, 9.17) is 11.1 Å². The first-order chi connectivity index (χ1) is 6.05. The van der Waals surface area contributed by atoms with E-state index in [2.05, 4.69) is 5.10 Å². The Bertz CT molecular complexity index is 288. The second-order valence-electron chi connectivity index (χ2n) is 3.76. The third-order valence-corrected chi connectivity index (χ3v) is 2.95. The van der Waals surface area contributed by atoms with Crippen molar-refractivity contribution in [2.75, 3.05) is 0 Å². The van der Waals surface area contributed by atoms with Crippen molar-refractivity contribution in [1.82, 2.24) is 5.01 Å². The topological polar surface area (TPSA) is 85.7 Å². The Labute approximate surface area is 76.7 Å². The fraction of sp³-hybridized carbons (Fsp3) is 0.750. The first kappa shape index (κ1) is 8.50. The van der Waals surface area contributed by atoms with Gasteiger partial charge in [-0.1, -0.05) is 0 Å². The van der Waals surface area contributed by atoms with Crippen molar-refractivity contribution in [2.45, 2.75) is 31.9 Å². The largest absolute Gasteiger partial charge is 0.368 e. The molecule has 0 aromatic heterocycles. The smallest absolute Gasteiger partial charge is 0.211 e. The summed E-state index contributed by atoms with van der Waals surface area (Å²) in [5.41, 5.74) is 5.22. The Kier molecular flexibility index (Phi) is 1.60. The van der Waals surface area contributed by atoms with Gasteiger partial charge in [0.2, 0.25) is 5.96 Å². The Morgan fingerprint density at radius 1 is 1.85 bits per heavy atom. The van der Waals surface area contributed by atoms with Crippen LogP contribution in [0, 0.1) is 11.3 Å². The van der Waals surface area contributed by atoms with Gasteiger partial charge in [-0.15, -0.1) is 0 Å². The maximum atomic E-state index is 10.2. The third kappa shape index (κ3) is 0.966. The standard InChI is InChI=1S/C8H14N4O/c1-5-6-3-2-4-8(6,13)12(11-5)7(9)10/h6,13H,2-4H2,1H3,(H3,9,10). The van der Waals surface area contributed by atoms with E-state index in [9.17, 15) is 5.11 Å². The maximum absolute atomic E-state index is 10.2. The Morgan fingerprint density at radius 2 is 2.54 bits per heavy atom. The molecule has 2 rings (SSSR count). The molecule has 4 N–H and O–H groups in total. The van der Waals surface area contributed by atoms with Crippen molar-refractivity contribution >= 4 is 11.7 Å². The molecule has 0 spiro atoms. The van der Waals surface area contributed by atoms with Crippen LogP contribution in [0.4, 0.5) is 0 Å². The van der Waals surface area contributed by atoms with Gasteiger partial charge >= 0.3 is 0 Å². The van der Waals surface area contributed by atoms with Crippen LogP contribution in [0.25, 0.3) is 0 Å². The lowest BCUT2D eigenvalue weighted by atomic mass is 9.96. The van der Waals surface area contributed by atoms with Crippen LogP contribution in [0.15, 0.2) is 5.10 Å². The SMILES string of the molecule is CC1=NN(C(=N)N)C2(O)CCCC12. The van der Waals surface area contributed by atoms with E-state index < -0.39 is 5.72 Å². The zero-order valence-electron chi connectivity index (χ0n) is 7.62. The van der Waals surface area contributed by atoms with Crippen LogP contribution in [0.3, 0.4) is 0 Å². The van der Waals surface area contributed by atoms with E-state index in [0.717, 1.165) is 18.6 Å². The number of fused-ring (bicyclic) bond motifs is 1. The number of nitrogens with one attached hydrogen (secondary N) is 1. The molecule has 1 aliphatic carbocycles. The summed E-state index contributed by atoms with van der Waals surface area (Å²) in [6, 6.07) is 0. The number of hydrazone groups is 1. The van der Waals surface area contributed by atoms with Gasteiger partial charge in [0, 0.05) is 11.6 Å². The summed E-state index contributed by atoms with van der Waals surface area (Å²) in [6.07, 6.45) is 2.56. The summed E-state index contributed by atoms with van der Waals surface area (Å²) in [5.74, 6) is -0.109. The van der Waals surface area contributed by atoms with Crippen LogP contribution >= 0.6 is 0 Å². The fourth-order valence-corrected chi connectivity index (χ4v) is 2.35. The number of guanidine groups is 1. The minimum atomic E-state index is -1.00. The lowest BCUT2D eigenvalue weighted by Gasteiger charge is -2.30. The number of hydrogen-bond acceptors (Lipinski definition) is 3. The number of rotatable bonds is 0. The van der Waals surface area contributed by atoms with Crippen LogP contribution in [0.2, 0.25) is 0 Å². The Hall–Kier alpha value is -1.10. The molecule has 5 nitrogen and oxygen atoms in total. The summed E-state index contributed by atoms with van der Waals surface area (Å²) < 4.78 is 0. The van der Waals surface area contributed by atoms with Crippen molar-refractivity contribution in [1.29, 1.82) is 5.41 Å². The Morgan fingerprint density at radius 3 is 3.15 bits per heavy atom. The van der Waals surface area contributed by atoms with E-state index in [1.165, 1.54) is 5.01 Å². The molecule has 0 radical (unpaired) electrons. The van der Waals surface area contributed by atoms with Crippen molar-refractivity contribution in [2.24, 2.45) is 16.8 Å². The van der Waals surface area contributed by atoms with Crippen molar-refractivity contribution < 1.29 is 5.11 Å². The quantitative estimate of drug-likeness (QED) is 0.366. The van der Waals surface area contributed by atoms with Crippen LogP contribution in [-0.4, -0.2) is 27.5 Å². The molecule has 72 valence electrons. The van der Waals surface area contributed by atoms with Crippen molar-refractivity contribution in [3.8, 4) is 0 Å². The van der Waals surface area contributed by atoms with Crippen LogP contribution in [-0.2, 0) is 0 Å². The van der Waals surface area contributed by atoms with E-state index in [-0.39, 0.29) is 11.9 Å². The normalized spacial score (nSPS) is 37.5. The zero-order valence-corrected chi connectivity index (χ0v) is 7.62. The second kappa shape index (κ2) is 2.45. The predicted octanol–water partition coefficient (Wildman–Crippen LogP) is 0.0601. The zero-order chi connectivity index (χ0) is 9.64. The van der Waals surface area contributed by atoms with Crippen LogP contribution in [0.1, 0.15) is 26.2 Å². The van der Waals surface area contributed by atoms with Crippen molar-refractivity contribution in [3.63, 3.8) is 0 Å². The molecule has 5 heteroatoms. The first-order valence-corrected chi connectivity index (χ1v) is 4.47. The van der Waals surface area contributed by atoms with Gasteiger partial charge in [-0.25, -0.2) is 5.01 Å². The third-order valence-electron chi connectivity index (χ3n) is 2.95. The monoisotopic (exact) mass is 182 g/mol. The molecule has 2 unspecified atom stereocenters. The highest BCUT2D eigenvalue weighted by atomic mass is 16.3. The van der Waals surface area contributed by atoms with Gasteiger partial charge in [-0.2, -0.15) is 5.10 Å². The van der Waals surface area contributed by atoms with E-state index in [1.807, 2.05) is 6.92 Å². The van der Waals surface area contributed by atoms with Gasteiger partial charge in [0.25, 0.3) is 0 Å². The van der Waals surface area contributed by atoms with E-state index in [0.29, 0.717) is 6.42 Å². The van der Waals surface area contributed by atoms with Gasteiger partial charge in [-0.3, -0.25) is 5.41 Å². The lowest BCUT2D eigenvalue weighted by Crippen LogP contribution is -2.50. The minimum Gasteiger partial charge on any atom is -0.368 e. The molecule has 0 amide bonds. The molecular formula is C8H14N4O. The van der Waals surface area contributed by atoms with E-state index >= 15 is 0 Å². The van der Waals surface area contributed by atoms with Gasteiger partial charge in [0.15, 0.2) is 5.72 Å². The predicted molar refractivity (Wildman–Crippen MR) is 49.2 cm³/mol. The van der Waals surface area contributed by atoms with E-state index in [1.54, 1.807) is 0 Å². The summed E-state index contributed by atoms with van der Waals surface area (Å²) in [5, 5.41) is 22.9. The van der Waals surface area contributed by atoms with Crippen molar-refractivity contribution in [3.05, 3.63) is 0 Å². The molecule has 1 aliphatic heterocycles. The maximum Gasteiger partial charge on any atom is 0.211 e. The second-order valence-corrected chi connectivity index (χ2v) is 3.76. The summed E-state index contributed by atoms with van der Waals surface area (Å²) in [7, 11) is 0. The fourth-order valence-electron chi connectivity index (χ4n) is 2.35. The highest BCUT2D eigenvalue weighted by Gasteiger charge is 2.52. The summed E-state index contributed by atoms with van der Waals surface area (Å²) in [6.45, 7) is 1.88. The van der Waals surface area contributed by atoms with Gasteiger partial charge in [-0.05, 0) is 26.2 Å². The molecule has 0 aromatic rings. The molecule has 2 aliphatic rings. The molecular weight excluding hydrogens is 168 g/mol. The summed E-state index contributed by atoms with van der Waals surface area (Å²) in [4.78, 5) is 0. The number of nitrogens with two attached hydrogens (primary N) is 1. The van der Waals surface area contributed by atoms with Gasteiger partial charge in [0.05, 0.1) is 0 Å². The molecule has 0 saturated heterocycles. The molecule has 1 heterocycles. The molecule has 0 bridgehead atoms. The lowest BCUT2D eigenvalue weighted by molar-refractivity contribution is -0.0682. The van der Waals surface area contributed by atoms with Gasteiger partial charge < -0.3 is 10.8 Å². The highest BCUT2D eigenvalue weighted by Crippen LogP contribution is 2.43. The molecule has 1 saturated carbocycles. The number of hydrogen-bond donors (Lipinski definition) is 3. The highest BCUT2D eigenvalue weighted by molar-refractivity contribution is 5.90. The van der Waals surface area contributed by atoms with Crippen LogP contribution in [0.5, 0.6) is 0 Å². The minimum absolute atomic E-state index is 0.0661. The number of nitrogens with zero attached hydrogens (tertiary/aromatic N) is 2. The molecule has 0 aromatic carbocycles. The molecule has 1 fully saturated rings. The molecule has 13 heavy (non-hydrogen) atoms. The average molecular weight is 182 g/mol. The molecule has 2 atom stereocenters. The Balaban J connectivity index is 2.36.